The number of halogens is 1. The number of nitrogens with zero attached hydrogens (tertiary/aromatic N) is 5. The van der Waals surface area contributed by atoms with Crippen LogP contribution in [-0.4, -0.2) is 44.1 Å². The molecule has 0 atom stereocenters. The molecule has 0 saturated carbocycles. The highest BCUT2D eigenvalue weighted by Gasteiger charge is 2.39. The van der Waals surface area contributed by atoms with Crippen LogP contribution in [-0.2, 0) is 0 Å². The Morgan fingerprint density at radius 2 is 1.93 bits per heavy atom. The maximum absolute atomic E-state index is 5.63. The van der Waals surface area contributed by atoms with Crippen LogP contribution in [0, 0.1) is 0 Å². The molecule has 4 rings (SSSR count). The Balaban J connectivity index is 1.59. The molecule has 1 saturated heterocycles. The number of nitrogens with one attached hydrogen (secondary N) is 1. The Bertz CT molecular complexity index is 1000. The topological polar surface area (TPSA) is 68.1 Å². The highest BCUT2D eigenvalue weighted by Crippen LogP contribution is 2.39. The minimum absolute atomic E-state index is 0.0821. The molecular weight excluding hydrogens is 511 g/mol. The summed E-state index contributed by atoms with van der Waals surface area (Å²) in [5, 5.41) is 18.8. The number of hydrogen-bond acceptors (Lipinski definition) is 7. The second-order valence-corrected chi connectivity index (χ2v) is 10.6. The summed E-state index contributed by atoms with van der Waals surface area (Å²) >= 11 is 3.51. The van der Waals surface area contributed by atoms with Crippen LogP contribution in [0.15, 0.2) is 36.7 Å². The SMILES string of the molecule is CN(c1nnc(-c2ccc(-n3cccn3)cc2OI)s1)C1CC(C)(C)NC(C)(C)C1. The van der Waals surface area contributed by atoms with Crippen molar-refractivity contribution in [3.05, 3.63) is 36.7 Å². The lowest BCUT2D eigenvalue weighted by Gasteiger charge is -2.48. The Labute approximate surface area is 195 Å². The lowest BCUT2D eigenvalue weighted by molar-refractivity contribution is 0.161. The zero-order chi connectivity index (χ0) is 21.5. The third kappa shape index (κ3) is 4.47. The average Bonchev–Trinajstić information content (AvgIpc) is 3.36. The fraction of sp³-hybridized carbons (Fsp3) is 0.476. The largest absolute Gasteiger partial charge is 0.427 e. The molecule has 1 aromatic carbocycles. The Morgan fingerprint density at radius 3 is 2.57 bits per heavy atom. The summed E-state index contributed by atoms with van der Waals surface area (Å²) in [6.07, 6.45) is 5.78. The molecule has 1 aliphatic rings. The summed E-state index contributed by atoms with van der Waals surface area (Å²) < 4.78 is 7.43. The summed E-state index contributed by atoms with van der Waals surface area (Å²) in [6.45, 7) is 9.08. The van der Waals surface area contributed by atoms with Crippen molar-refractivity contribution in [1.29, 1.82) is 0 Å². The normalized spacial score (nSPS) is 18.3. The van der Waals surface area contributed by atoms with E-state index in [1.165, 1.54) is 0 Å². The van der Waals surface area contributed by atoms with Gasteiger partial charge in [0.15, 0.2) is 28.0 Å². The molecule has 1 fully saturated rings. The Kier molecular flexibility index (Phi) is 5.80. The molecule has 1 N–H and O–H groups in total. The Hall–Kier alpha value is -1.72. The van der Waals surface area contributed by atoms with E-state index in [0.717, 1.165) is 40.0 Å². The van der Waals surface area contributed by atoms with Crippen LogP contribution in [0.25, 0.3) is 16.3 Å². The third-order valence-electron chi connectivity index (χ3n) is 5.48. The second-order valence-electron chi connectivity index (χ2n) is 9.16. The van der Waals surface area contributed by atoms with Crippen molar-refractivity contribution in [3.8, 4) is 22.0 Å². The average molecular weight is 538 g/mol. The molecule has 9 heteroatoms. The van der Waals surface area contributed by atoms with Gasteiger partial charge in [0.1, 0.15) is 5.75 Å². The number of benzene rings is 1. The fourth-order valence-corrected chi connectivity index (χ4v) is 5.75. The van der Waals surface area contributed by atoms with Crippen molar-refractivity contribution in [3.63, 3.8) is 0 Å². The highest BCUT2D eigenvalue weighted by atomic mass is 127. The van der Waals surface area contributed by atoms with Gasteiger partial charge < -0.3 is 13.3 Å². The maximum Gasteiger partial charge on any atom is 0.208 e. The van der Waals surface area contributed by atoms with E-state index >= 15 is 0 Å². The summed E-state index contributed by atoms with van der Waals surface area (Å²) in [7, 11) is 2.13. The van der Waals surface area contributed by atoms with Crippen molar-refractivity contribution in [2.75, 3.05) is 11.9 Å². The maximum atomic E-state index is 5.63. The van der Waals surface area contributed by atoms with Gasteiger partial charge in [-0.25, -0.2) is 4.68 Å². The molecule has 2 aromatic heterocycles. The van der Waals surface area contributed by atoms with Gasteiger partial charge in [-0.2, -0.15) is 5.10 Å². The first-order valence-electron chi connectivity index (χ1n) is 9.96. The van der Waals surface area contributed by atoms with Gasteiger partial charge in [0.05, 0.1) is 11.3 Å². The van der Waals surface area contributed by atoms with E-state index in [0.29, 0.717) is 6.04 Å². The minimum atomic E-state index is 0.0821. The van der Waals surface area contributed by atoms with E-state index in [2.05, 4.69) is 60.3 Å². The van der Waals surface area contributed by atoms with Crippen LogP contribution in [0.5, 0.6) is 5.75 Å². The number of anilines is 1. The van der Waals surface area contributed by atoms with Gasteiger partial charge in [0, 0.05) is 42.6 Å². The zero-order valence-electron chi connectivity index (χ0n) is 17.9. The monoisotopic (exact) mass is 538 g/mol. The molecule has 160 valence electrons. The van der Waals surface area contributed by atoms with Gasteiger partial charge >= 0.3 is 0 Å². The second kappa shape index (κ2) is 8.08. The summed E-state index contributed by atoms with van der Waals surface area (Å²) in [4.78, 5) is 2.29. The van der Waals surface area contributed by atoms with Gasteiger partial charge in [0.2, 0.25) is 5.13 Å². The third-order valence-corrected chi connectivity index (χ3v) is 7.00. The quantitative estimate of drug-likeness (QED) is 0.468. The molecule has 7 nitrogen and oxygen atoms in total. The van der Waals surface area contributed by atoms with E-state index in [1.807, 2.05) is 58.1 Å². The van der Waals surface area contributed by atoms with Gasteiger partial charge in [-0.1, -0.05) is 11.3 Å². The predicted molar refractivity (Wildman–Crippen MR) is 130 cm³/mol. The highest BCUT2D eigenvalue weighted by molar-refractivity contribution is 14.1. The molecule has 0 aliphatic carbocycles. The summed E-state index contributed by atoms with van der Waals surface area (Å²) in [6, 6.07) is 8.31. The summed E-state index contributed by atoms with van der Waals surface area (Å²) in [5.41, 5.74) is 2.04. The van der Waals surface area contributed by atoms with Crippen LogP contribution in [0.4, 0.5) is 5.13 Å². The first-order valence-corrected chi connectivity index (χ1v) is 11.7. The number of piperidine rings is 1. The zero-order valence-corrected chi connectivity index (χ0v) is 20.9. The van der Waals surface area contributed by atoms with Crippen molar-refractivity contribution in [2.24, 2.45) is 0 Å². The van der Waals surface area contributed by atoms with Crippen molar-refractivity contribution in [2.45, 2.75) is 57.7 Å². The van der Waals surface area contributed by atoms with Crippen molar-refractivity contribution < 1.29 is 3.07 Å². The molecule has 3 aromatic rings. The first-order chi connectivity index (χ1) is 14.2. The van der Waals surface area contributed by atoms with E-state index in [1.54, 1.807) is 17.5 Å². The van der Waals surface area contributed by atoms with Gasteiger partial charge in [-0.3, -0.25) is 0 Å². The van der Waals surface area contributed by atoms with Crippen LogP contribution < -0.4 is 13.3 Å². The smallest absolute Gasteiger partial charge is 0.208 e. The molecular formula is C21H27IN6OS. The van der Waals surface area contributed by atoms with Gasteiger partial charge in [-0.05, 0) is 58.7 Å². The lowest BCUT2D eigenvalue weighted by atomic mass is 9.79. The number of rotatable bonds is 5. The lowest BCUT2D eigenvalue weighted by Crippen LogP contribution is -2.61. The van der Waals surface area contributed by atoms with Crippen molar-refractivity contribution in [1.82, 2.24) is 25.3 Å². The standard InChI is InChI=1S/C21H27IN6OS/c1-20(2)12-15(13-21(3,4)26-20)27(5)19-25-24-18(30-19)16-8-7-14(11-17(16)29-22)28-10-6-9-23-28/h6-11,15,26H,12-13H2,1-5H3. The van der Waals surface area contributed by atoms with Gasteiger partial charge in [0.25, 0.3) is 0 Å². The summed E-state index contributed by atoms with van der Waals surface area (Å²) in [5.74, 6) is 0.748. The van der Waals surface area contributed by atoms with E-state index in [9.17, 15) is 0 Å². The molecule has 0 amide bonds. The van der Waals surface area contributed by atoms with E-state index < -0.39 is 0 Å². The van der Waals surface area contributed by atoms with Crippen LogP contribution in [0.2, 0.25) is 0 Å². The number of hydrogen-bond donors (Lipinski definition) is 1. The molecule has 1 aliphatic heterocycles. The predicted octanol–water partition coefficient (Wildman–Crippen LogP) is 4.87. The molecule has 30 heavy (non-hydrogen) atoms. The molecule has 0 bridgehead atoms. The van der Waals surface area contributed by atoms with Crippen LogP contribution in [0.3, 0.4) is 0 Å². The number of aromatic nitrogens is 4. The molecule has 0 unspecified atom stereocenters. The van der Waals surface area contributed by atoms with E-state index in [-0.39, 0.29) is 11.1 Å². The first kappa shape index (κ1) is 21.5. The fourth-order valence-electron chi connectivity index (χ4n) is 4.48. The molecule has 0 spiro atoms. The van der Waals surface area contributed by atoms with Crippen LogP contribution in [0.1, 0.15) is 40.5 Å². The van der Waals surface area contributed by atoms with Gasteiger partial charge in [-0.15, -0.1) is 10.2 Å². The van der Waals surface area contributed by atoms with E-state index in [4.69, 9.17) is 3.07 Å². The minimum Gasteiger partial charge on any atom is -0.427 e. The van der Waals surface area contributed by atoms with Crippen molar-refractivity contribution >= 4 is 39.5 Å². The molecule has 3 heterocycles. The van der Waals surface area contributed by atoms with Crippen LogP contribution >= 0.6 is 34.3 Å². The Morgan fingerprint density at radius 1 is 1.20 bits per heavy atom. The molecule has 0 radical (unpaired) electrons.